The van der Waals surface area contributed by atoms with Crippen LogP contribution in [0.3, 0.4) is 0 Å². The van der Waals surface area contributed by atoms with E-state index in [-0.39, 0.29) is 18.4 Å². The normalized spacial score (nSPS) is 10.4. The van der Waals surface area contributed by atoms with Gasteiger partial charge in [0.15, 0.2) is 11.4 Å². The molecule has 0 aliphatic rings. The van der Waals surface area contributed by atoms with Gasteiger partial charge >= 0.3 is 5.97 Å². The number of halogens is 1. The van der Waals surface area contributed by atoms with Crippen molar-refractivity contribution in [2.24, 2.45) is 0 Å². The molecule has 3 nitrogen and oxygen atoms in total. The number of quaternary nitrogens is 1. The molecule has 0 heterocycles. The van der Waals surface area contributed by atoms with Crippen molar-refractivity contribution < 1.29 is 21.9 Å². The second-order valence-electron chi connectivity index (χ2n) is 4.65. The van der Waals surface area contributed by atoms with Gasteiger partial charge in [0.25, 0.3) is 0 Å². The van der Waals surface area contributed by atoms with Crippen LogP contribution in [0, 0.1) is 0 Å². The number of ether oxygens (including phenoxy) is 1. The topological polar surface area (TPSA) is 26.3 Å². The third-order valence-corrected chi connectivity index (χ3v) is 2.14. The first-order valence-electron chi connectivity index (χ1n) is 5.11. The van der Waals surface area contributed by atoms with E-state index in [4.69, 9.17) is 4.74 Å². The van der Waals surface area contributed by atoms with Crippen LogP contribution in [0.1, 0.15) is 6.92 Å². The van der Waals surface area contributed by atoms with Crippen molar-refractivity contribution in [3.8, 4) is 5.75 Å². The van der Waals surface area contributed by atoms with E-state index in [0.29, 0.717) is 15.8 Å². The van der Waals surface area contributed by atoms with Gasteiger partial charge in [0.05, 0.1) is 21.1 Å². The SMILES string of the molecule is C=C(C)C(=O)Oc1ccccc1[N+](C)(C)C.[Cl-]. The molecule has 1 rings (SSSR count). The summed E-state index contributed by atoms with van der Waals surface area (Å²) in [6.07, 6.45) is 0. The average Bonchev–Trinajstić information content (AvgIpc) is 2.16. The minimum absolute atomic E-state index is 0. The fourth-order valence-corrected chi connectivity index (χ4v) is 1.28. The van der Waals surface area contributed by atoms with Crippen LogP contribution in [0.25, 0.3) is 0 Å². The molecule has 0 fully saturated rings. The highest BCUT2D eigenvalue weighted by Crippen LogP contribution is 2.30. The maximum Gasteiger partial charge on any atom is 0.338 e. The lowest BCUT2D eigenvalue weighted by atomic mass is 10.2. The molecule has 0 saturated heterocycles. The van der Waals surface area contributed by atoms with E-state index in [0.717, 1.165) is 5.69 Å². The molecule has 0 unspecified atom stereocenters. The largest absolute Gasteiger partial charge is 1.00 e. The summed E-state index contributed by atoms with van der Waals surface area (Å²) in [6.45, 7) is 5.20. The van der Waals surface area contributed by atoms with Crippen molar-refractivity contribution in [1.29, 1.82) is 0 Å². The smallest absolute Gasteiger partial charge is 0.338 e. The summed E-state index contributed by atoms with van der Waals surface area (Å²) in [7, 11) is 6.06. The predicted molar refractivity (Wildman–Crippen MR) is 66.5 cm³/mol. The van der Waals surface area contributed by atoms with Crippen LogP contribution >= 0.6 is 0 Å². The lowest BCUT2D eigenvalue weighted by Gasteiger charge is -2.25. The number of hydrogen-bond acceptors (Lipinski definition) is 2. The highest BCUT2D eigenvalue weighted by molar-refractivity contribution is 5.89. The molecule has 1 aromatic carbocycles. The van der Waals surface area contributed by atoms with Gasteiger partial charge in [0.2, 0.25) is 0 Å². The fraction of sp³-hybridized carbons (Fsp3) is 0.308. The first-order valence-corrected chi connectivity index (χ1v) is 5.11. The van der Waals surface area contributed by atoms with Crippen LogP contribution in [0.2, 0.25) is 0 Å². The van der Waals surface area contributed by atoms with Gasteiger partial charge in [-0.3, -0.25) is 4.48 Å². The van der Waals surface area contributed by atoms with Crippen molar-refractivity contribution in [3.63, 3.8) is 0 Å². The summed E-state index contributed by atoms with van der Waals surface area (Å²) < 4.78 is 5.88. The molecule has 0 saturated carbocycles. The second kappa shape index (κ2) is 5.84. The van der Waals surface area contributed by atoms with Gasteiger partial charge < -0.3 is 17.1 Å². The van der Waals surface area contributed by atoms with Crippen LogP contribution < -0.4 is 21.6 Å². The Kier molecular flexibility index (Phi) is 5.39. The third-order valence-electron chi connectivity index (χ3n) is 2.14. The van der Waals surface area contributed by atoms with Gasteiger partial charge in [-0.05, 0) is 13.0 Å². The summed E-state index contributed by atoms with van der Waals surface area (Å²) in [5.41, 5.74) is 1.35. The fourth-order valence-electron chi connectivity index (χ4n) is 1.28. The Labute approximate surface area is 109 Å². The Hall–Kier alpha value is -1.32. The van der Waals surface area contributed by atoms with Crippen molar-refractivity contribution in [1.82, 2.24) is 4.48 Å². The molecule has 0 spiro atoms. The number of hydrogen-bond donors (Lipinski definition) is 0. The van der Waals surface area contributed by atoms with E-state index in [1.807, 2.05) is 39.3 Å². The first kappa shape index (κ1) is 15.7. The minimum Gasteiger partial charge on any atom is -1.00 e. The average molecular weight is 256 g/mol. The third kappa shape index (κ3) is 4.21. The maximum absolute atomic E-state index is 11.5. The molecule has 4 heteroatoms. The monoisotopic (exact) mass is 255 g/mol. The lowest BCUT2D eigenvalue weighted by molar-refractivity contribution is -0.130. The summed E-state index contributed by atoms with van der Waals surface area (Å²) in [5.74, 6) is 0.198. The molecule has 0 aromatic heterocycles. The highest BCUT2D eigenvalue weighted by Gasteiger charge is 2.20. The molecule has 0 aliphatic carbocycles. The number of carbonyl (C=O) groups is 1. The first-order chi connectivity index (χ1) is 7.32. The van der Waals surface area contributed by atoms with Crippen LogP contribution in [-0.2, 0) is 4.79 Å². The van der Waals surface area contributed by atoms with Gasteiger partial charge in [-0.15, -0.1) is 0 Å². The summed E-state index contributed by atoms with van der Waals surface area (Å²) in [4.78, 5) is 11.5. The standard InChI is InChI=1S/C13H18NO2.ClH/c1-10(2)13(15)16-12-9-7-6-8-11(12)14(3,4)5;/h6-9H,1H2,2-5H3;1H/q+1;/p-1. The Morgan fingerprint density at radius 1 is 1.24 bits per heavy atom. The number of nitrogens with zero attached hydrogens (tertiary/aromatic N) is 1. The summed E-state index contributed by atoms with van der Waals surface area (Å²) >= 11 is 0. The van der Waals surface area contributed by atoms with Crippen molar-refractivity contribution in [2.75, 3.05) is 21.1 Å². The molecule has 0 aliphatic heterocycles. The molecular weight excluding hydrogens is 238 g/mol. The zero-order valence-electron chi connectivity index (χ0n) is 10.7. The van der Waals surface area contributed by atoms with Gasteiger partial charge in [-0.1, -0.05) is 18.7 Å². The molecule has 0 atom stereocenters. The molecule has 0 radical (unpaired) electrons. The van der Waals surface area contributed by atoms with E-state index < -0.39 is 0 Å². The predicted octanol–water partition coefficient (Wildman–Crippen LogP) is -0.631. The summed E-state index contributed by atoms with van der Waals surface area (Å²) in [6, 6.07) is 7.51. The van der Waals surface area contributed by atoms with Crippen LogP contribution in [0.5, 0.6) is 5.75 Å². The van der Waals surface area contributed by atoms with E-state index in [9.17, 15) is 4.79 Å². The lowest BCUT2D eigenvalue weighted by Crippen LogP contribution is -3.00. The Bertz CT molecular complexity index is 422. The Morgan fingerprint density at radius 3 is 2.24 bits per heavy atom. The highest BCUT2D eigenvalue weighted by atomic mass is 35.5. The van der Waals surface area contributed by atoms with Crippen molar-refractivity contribution in [2.45, 2.75) is 6.92 Å². The van der Waals surface area contributed by atoms with Crippen molar-refractivity contribution in [3.05, 3.63) is 36.4 Å². The molecule has 0 bridgehead atoms. The Balaban J connectivity index is 0.00000256. The van der Waals surface area contributed by atoms with E-state index >= 15 is 0 Å². The quantitative estimate of drug-likeness (QED) is 0.311. The van der Waals surface area contributed by atoms with Crippen molar-refractivity contribution >= 4 is 11.7 Å². The molecule has 94 valence electrons. The Morgan fingerprint density at radius 2 is 1.76 bits per heavy atom. The molecular formula is C13H18ClNO2. The van der Waals surface area contributed by atoms with Crippen LogP contribution in [0.15, 0.2) is 36.4 Å². The number of carbonyl (C=O) groups excluding carboxylic acids is 1. The zero-order chi connectivity index (χ0) is 12.3. The van der Waals surface area contributed by atoms with Gasteiger partial charge in [0, 0.05) is 11.6 Å². The number of esters is 1. The molecule has 0 N–H and O–H groups in total. The number of benzene rings is 1. The maximum atomic E-state index is 11.5. The van der Waals surface area contributed by atoms with E-state index in [2.05, 4.69) is 6.58 Å². The number of para-hydroxylation sites is 2. The zero-order valence-corrected chi connectivity index (χ0v) is 11.4. The van der Waals surface area contributed by atoms with Gasteiger partial charge in [-0.2, -0.15) is 0 Å². The molecule has 0 amide bonds. The second-order valence-corrected chi connectivity index (χ2v) is 4.65. The van der Waals surface area contributed by atoms with Crippen LogP contribution in [0.4, 0.5) is 5.69 Å². The van der Waals surface area contributed by atoms with E-state index in [1.165, 1.54) is 0 Å². The molecule has 1 aromatic rings. The van der Waals surface area contributed by atoms with E-state index in [1.54, 1.807) is 13.0 Å². The summed E-state index contributed by atoms with van der Waals surface area (Å²) in [5, 5.41) is 0. The van der Waals surface area contributed by atoms with Gasteiger partial charge in [-0.25, -0.2) is 4.79 Å². The minimum atomic E-state index is -0.388. The number of rotatable bonds is 3. The van der Waals surface area contributed by atoms with Crippen LogP contribution in [-0.4, -0.2) is 27.1 Å². The molecule has 17 heavy (non-hydrogen) atoms. The van der Waals surface area contributed by atoms with Gasteiger partial charge in [0.1, 0.15) is 0 Å².